The van der Waals surface area contributed by atoms with Crippen LogP contribution in [0.15, 0.2) is 46.5 Å². The minimum Gasteiger partial charge on any atom is -0.381 e. The number of nitrogens with zero attached hydrogens (tertiary/aromatic N) is 2. The number of hydrogen-bond acceptors (Lipinski definition) is 5. The van der Waals surface area contributed by atoms with E-state index in [-0.39, 0.29) is 23.8 Å². The SMILES string of the molecule is CC(C)N1C(=O)c2cccnc2Sc2cc(NC(=O)[C@@H]3CCOC3)ccc21. The van der Waals surface area contributed by atoms with Gasteiger partial charge in [-0.1, -0.05) is 11.8 Å². The summed E-state index contributed by atoms with van der Waals surface area (Å²) in [5, 5.41) is 3.66. The maximum Gasteiger partial charge on any atom is 0.261 e. The summed E-state index contributed by atoms with van der Waals surface area (Å²) < 4.78 is 5.30. The van der Waals surface area contributed by atoms with Crippen LogP contribution in [-0.4, -0.2) is 36.1 Å². The third kappa shape index (κ3) is 3.44. The van der Waals surface area contributed by atoms with E-state index < -0.39 is 0 Å². The molecule has 1 fully saturated rings. The molecule has 1 N–H and O–H groups in total. The number of amides is 2. The fraction of sp³-hybridized carbons (Fsp3) is 0.350. The summed E-state index contributed by atoms with van der Waals surface area (Å²) in [6, 6.07) is 9.24. The summed E-state index contributed by atoms with van der Waals surface area (Å²) in [7, 11) is 0. The number of rotatable bonds is 3. The Morgan fingerprint density at radius 1 is 1.37 bits per heavy atom. The van der Waals surface area contributed by atoms with Crippen LogP contribution in [0, 0.1) is 5.92 Å². The number of fused-ring (bicyclic) bond motifs is 2. The Kier molecular flexibility index (Phi) is 4.88. The second-order valence-corrected chi connectivity index (χ2v) is 7.99. The second kappa shape index (κ2) is 7.32. The molecule has 0 bridgehead atoms. The van der Waals surface area contributed by atoms with Crippen LogP contribution in [0.3, 0.4) is 0 Å². The monoisotopic (exact) mass is 383 g/mol. The number of carbonyl (C=O) groups excluding carboxylic acids is 2. The quantitative estimate of drug-likeness (QED) is 0.877. The molecule has 2 aliphatic heterocycles. The van der Waals surface area contributed by atoms with E-state index in [1.54, 1.807) is 17.2 Å². The molecule has 0 unspecified atom stereocenters. The van der Waals surface area contributed by atoms with Gasteiger partial charge in [-0.2, -0.15) is 0 Å². The van der Waals surface area contributed by atoms with Gasteiger partial charge in [0, 0.05) is 29.4 Å². The minimum absolute atomic E-state index is 0.000847. The number of pyridine rings is 1. The van der Waals surface area contributed by atoms with Crippen molar-refractivity contribution in [3.8, 4) is 0 Å². The maximum absolute atomic E-state index is 13.1. The van der Waals surface area contributed by atoms with E-state index in [9.17, 15) is 9.59 Å². The number of carbonyl (C=O) groups is 2. The van der Waals surface area contributed by atoms with E-state index in [0.717, 1.165) is 17.0 Å². The zero-order valence-corrected chi connectivity index (χ0v) is 16.1. The molecule has 140 valence electrons. The highest BCUT2D eigenvalue weighted by Gasteiger charge is 2.30. The van der Waals surface area contributed by atoms with Gasteiger partial charge in [0.2, 0.25) is 5.91 Å². The van der Waals surface area contributed by atoms with Crippen LogP contribution in [0.1, 0.15) is 30.6 Å². The molecule has 3 heterocycles. The molecule has 7 heteroatoms. The second-order valence-electron chi connectivity index (χ2n) is 6.96. The zero-order chi connectivity index (χ0) is 19.0. The lowest BCUT2D eigenvalue weighted by Gasteiger charge is -2.27. The molecule has 1 saturated heterocycles. The van der Waals surface area contributed by atoms with Gasteiger partial charge in [-0.25, -0.2) is 4.98 Å². The van der Waals surface area contributed by atoms with Gasteiger partial charge in [-0.05, 0) is 50.6 Å². The van der Waals surface area contributed by atoms with Crippen molar-refractivity contribution in [2.75, 3.05) is 23.4 Å². The highest BCUT2D eigenvalue weighted by atomic mass is 32.2. The van der Waals surface area contributed by atoms with Crippen molar-refractivity contribution in [2.24, 2.45) is 5.92 Å². The van der Waals surface area contributed by atoms with E-state index >= 15 is 0 Å². The molecule has 0 spiro atoms. The largest absolute Gasteiger partial charge is 0.381 e. The maximum atomic E-state index is 13.1. The summed E-state index contributed by atoms with van der Waals surface area (Å²) in [5.41, 5.74) is 2.15. The zero-order valence-electron chi connectivity index (χ0n) is 15.3. The third-order valence-electron chi connectivity index (χ3n) is 4.73. The Morgan fingerprint density at radius 3 is 2.96 bits per heavy atom. The van der Waals surface area contributed by atoms with Gasteiger partial charge in [0.25, 0.3) is 5.91 Å². The molecule has 4 rings (SSSR count). The molecule has 1 aromatic carbocycles. The Labute approximate surface area is 162 Å². The fourth-order valence-electron chi connectivity index (χ4n) is 3.35. The molecule has 1 aromatic heterocycles. The standard InChI is InChI=1S/C20H21N3O3S/c1-12(2)23-16-6-5-14(22-18(24)13-7-9-26-11-13)10-17(16)27-19-15(20(23)25)4-3-8-21-19/h3-6,8,10,12-13H,7,9,11H2,1-2H3,(H,22,24)/t13-/m1/s1. The van der Waals surface area contributed by atoms with Crippen molar-refractivity contribution in [3.05, 3.63) is 42.1 Å². The summed E-state index contributed by atoms with van der Waals surface area (Å²) in [5.74, 6) is -0.187. The van der Waals surface area contributed by atoms with Crippen molar-refractivity contribution in [1.82, 2.24) is 4.98 Å². The number of nitrogens with one attached hydrogen (secondary N) is 1. The summed E-state index contributed by atoms with van der Waals surface area (Å²) in [6.45, 7) is 5.08. The van der Waals surface area contributed by atoms with Crippen molar-refractivity contribution < 1.29 is 14.3 Å². The molecule has 27 heavy (non-hydrogen) atoms. The van der Waals surface area contributed by atoms with Crippen molar-refractivity contribution >= 4 is 35.0 Å². The van der Waals surface area contributed by atoms with Gasteiger partial charge >= 0.3 is 0 Å². The van der Waals surface area contributed by atoms with Gasteiger partial charge in [-0.15, -0.1) is 0 Å². The molecule has 0 radical (unpaired) electrons. The number of anilines is 2. The Bertz CT molecular complexity index is 894. The number of aromatic nitrogens is 1. The summed E-state index contributed by atoms with van der Waals surface area (Å²) in [4.78, 5) is 32.5. The lowest BCUT2D eigenvalue weighted by Crippen LogP contribution is -2.37. The van der Waals surface area contributed by atoms with Crippen LogP contribution < -0.4 is 10.2 Å². The van der Waals surface area contributed by atoms with E-state index in [0.29, 0.717) is 29.5 Å². The van der Waals surface area contributed by atoms with Gasteiger partial charge in [0.1, 0.15) is 5.03 Å². The van der Waals surface area contributed by atoms with E-state index in [1.807, 2.05) is 38.1 Å². The lowest BCUT2D eigenvalue weighted by molar-refractivity contribution is -0.119. The van der Waals surface area contributed by atoms with Crippen LogP contribution in [0.4, 0.5) is 11.4 Å². The highest BCUT2D eigenvalue weighted by Crippen LogP contribution is 2.42. The molecule has 6 nitrogen and oxygen atoms in total. The van der Waals surface area contributed by atoms with Crippen LogP contribution in [0.25, 0.3) is 0 Å². The summed E-state index contributed by atoms with van der Waals surface area (Å²) >= 11 is 1.45. The first-order valence-corrected chi connectivity index (χ1v) is 9.85. The number of ether oxygens (including phenoxy) is 1. The first kappa shape index (κ1) is 18.0. The Balaban J connectivity index is 1.70. The molecule has 2 aliphatic rings. The normalized spacial score (nSPS) is 18.9. The van der Waals surface area contributed by atoms with Crippen LogP contribution >= 0.6 is 11.8 Å². The molecule has 0 saturated carbocycles. The average molecular weight is 383 g/mol. The van der Waals surface area contributed by atoms with Gasteiger partial charge in [-0.3, -0.25) is 9.59 Å². The van der Waals surface area contributed by atoms with Crippen molar-refractivity contribution in [3.63, 3.8) is 0 Å². The first-order valence-electron chi connectivity index (χ1n) is 9.03. The average Bonchev–Trinajstić information content (AvgIpc) is 3.15. The Morgan fingerprint density at radius 2 is 2.22 bits per heavy atom. The van der Waals surface area contributed by atoms with E-state index in [1.165, 1.54) is 11.8 Å². The lowest BCUT2D eigenvalue weighted by atomic mass is 10.1. The molecule has 2 aromatic rings. The van der Waals surface area contributed by atoms with Gasteiger partial charge < -0.3 is 15.0 Å². The minimum atomic E-state index is -0.104. The molecular formula is C20H21N3O3S. The fourth-order valence-corrected chi connectivity index (χ4v) is 4.39. The van der Waals surface area contributed by atoms with Crippen LogP contribution in [0.2, 0.25) is 0 Å². The highest BCUT2D eigenvalue weighted by molar-refractivity contribution is 7.99. The molecular weight excluding hydrogens is 362 g/mol. The smallest absolute Gasteiger partial charge is 0.261 e. The summed E-state index contributed by atoms with van der Waals surface area (Å²) in [6.07, 6.45) is 2.44. The third-order valence-corrected chi connectivity index (χ3v) is 5.80. The Hall–Kier alpha value is -2.38. The van der Waals surface area contributed by atoms with Crippen LogP contribution in [0.5, 0.6) is 0 Å². The van der Waals surface area contributed by atoms with Crippen molar-refractivity contribution in [2.45, 2.75) is 36.2 Å². The van der Waals surface area contributed by atoms with E-state index in [4.69, 9.17) is 4.74 Å². The molecule has 2 amide bonds. The molecule has 1 atom stereocenters. The van der Waals surface area contributed by atoms with Gasteiger partial charge in [0.05, 0.1) is 23.8 Å². The predicted molar refractivity (Wildman–Crippen MR) is 104 cm³/mol. The van der Waals surface area contributed by atoms with Crippen molar-refractivity contribution in [1.29, 1.82) is 0 Å². The number of hydrogen-bond donors (Lipinski definition) is 1. The van der Waals surface area contributed by atoms with Gasteiger partial charge in [0.15, 0.2) is 0 Å². The van der Waals surface area contributed by atoms with E-state index in [2.05, 4.69) is 10.3 Å². The first-order chi connectivity index (χ1) is 13.0. The predicted octanol–water partition coefficient (Wildman–Crippen LogP) is 3.58. The molecule has 0 aliphatic carbocycles. The van der Waals surface area contributed by atoms with Crippen LogP contribution in [-0.2, 0) is 9.53 Å². The number of benzene rings is 1. The topological polar surface area (TPSA) is 71.5 Å².